The van der Waals surface area contributed by atoms with Gasteiger partial charge in [-0.25, -0.2) is 0 Å². The smallest absolute Gasteiger partial charge is 0.194 e. The molecule has 6 nitrogen and oxygen atoms in total. The third-order valence-electron chi connectivity index (χ3n) is 20.6. The topological polar surface area (TPSA) is 102 Å². The number of benzene rings is 12. The van der Waals surface area contributed by atoms with Crippen LogP contribution >= 0.6 is 0 Å². The first-order chi connectivity index (χ1) is 47.4. The summed E-state index contributed by atoms with van der Waals surface area (Å²) in [5, 5.41) is 0. The fraction of sp³-hybridized carbons (Fsp3) is 0.161. The van der Waals surface area contributed by atoms with Crippen molar-refractivity contribution in [3.8, 4) is 33.4 Å². The van der Waals surface area contributed by atoms with Gasteiger partial charge in [0, 0.05) is 83.0 Å². The van der Waals surface area contributed by atoms with Gasteiger partial charge in [-0.15, -0.1) is 0 Å². The Balaban J connectivity index is 0.000000107. The number of fused-ring (bicyclic) bond motifs is 15. The molecule has 12 aromatic carbocycles. The van der Waals surface area contributed by atoms with Gasteiger partial charge in [-0.3, -0.25) is 28.8 Å². The minimum atomic E-state index is -0.106. The molecule has 0 fully saturated rings. The third kappa shape index (κ3) is 11.7. The predicted octanol–water partition coefficient (Wildman–Crippen LogP) is 21.2. The number of carbonyl (C=O) groups is 6. The minimum Gasteiger partial charge on any atom is -0.289 e. The van der Waals surface area contributed by atoms with Crippen molar-refractivity contribution >= 4 is 34.7 Å². The molecule has 99 heavy (non-hydrogen) atoms. The summed E-state index contributed by atoms with van der Waals surface area (Å²) >= 11 is 0. The minimum absolute atomic E-state index is 0.104. The lowest BCUT2D eigenvalue weighted by atomic mass is 9.67. The second-order valence-electron chi connectivity index (χ2n) is 28.3. The third-order valence-corrected chi connectivity index (χ3v) is 20.6. The molecule has 0 bridgehead atoms. The normalized spacial score (nSPS) is 14.4. The first kappa shape index (κ1) is 66.3. The SMILES string of the molecule is Cc1ccc2c(c1)-c1ccccc1C2=O.Cc1ccc2c(c1)C(=O)c1ccccc1-2.Cc1ccc2c(c1)C(=O)c1ccccc1C2(C)C.Cc1ccc2c(c1)C(C)(C)c1ccccc1C2=O.Cc1cccc2c1-c1ccccc1C2=O.Cc1cccc2c1C(C)(C)c1ccccc1C2=O. The van der Waals surface area contributed by atoms with E-state index in [4.69, 9.17) is 0 Å². The Morgan fingerprint density at radius 2 is 0.485 bits per heavy atom. The first-order valence-corrected chi connectivity index (χ1v) is 33.9. The molecule has 0 spiro atoms. The van der Waals surface area contributed by atoms with E-state index < -0.39 is 0 Å². The summed E-state index contributed by atoms with van der Waals surface area (Å²) in [6.07, 6.45) is 0. The zero-order valence-electron chi connectivity index (χ0n) is 58.2. The maximum atomic E-state index is 12.5. The highest BCUT2D eigenvalue weighted by Gasteiger charge is 2.40. The molecule has 0 saturated carbocycles. The van der Waals surface area contributed by atoms with E-state index in [1.54, 1.807) is 0 Å². The Labute approximate surface area is 581 Å². The summed E-state index contributed by atoms with van der Waals surface area (Å²) in [6, 6.07) is 83.5. The van der Waals surface area contributed by atoms with Crippen molar-refractivity contribution in [2.45, 2.75) is 99.3 Å². The first-order valence-electron chi connectivity index (χ1n) is 33.9. The average molecular weight is 1290 g/mol. The molecule has 0 unspecified atom stereocenters. The van der Waals surface area contributed by atoms with Crippen molar-refractivity contribution in [2.75, 3.05) is 0 Å². The predicted molar refractivity (Wildman–Crippen MR) is 400 cm³/mol. The molecule has 0 atom stereocenters. The van der Waals surface area contributed by atoms with E-state index >= 15 is 0 Å². The van der Waals surface area contributed by atoms with E-state index in [1.807, 2.05) is 234 Å². The lowest BCUT2D eigenvalue weighted by Crippen LogP contribution is -2.31. The summed E-state index contributed by atoms with van der Waals surface area (Å²) in [5.41, 5.74) is 30.2. The molecule has 12 aromatic rings. The summed E-state index contributed by atoms with van der Waals surface area (Å²) in [7, 11) is 0. The standard InChI is InChI=1S/3C17H16O.3C14H10O/c1-11-7-6-9-13-15(11)17(2,3)14-10-5-4-8-12(14)16(13)18;1-11-8-9-15-13(10-11)16(18)12-6-4-5-7-14(12)17(15,2)3;1-11-8-9-13-15(10-11)17(2,3)14-7-5-4-6-12(14)16(13)18;1-9-5-4-8-12-13(9)10-6-2-3-7-11(10)14(12)15;1-9-6-7-11-10-4-2-3-5-12(10)14(15)13(11)8-9;1-9-6-7-12-13(8-9)10-4-2-3-5-11(10)14(12)15/h3*4-10H,1-3H3;3*2-8H,1H3. The molecule has 486 valence electrons. The summed E-state index contributed by atoms with van der Waals surface area (Å²) < 4.78 is 0. The van der Waals surface area contributed by atoms with E-state index in [0.29, 0.717) is 0 Å². The van der Waals surface area contributed by atoms with Gasteiger partial charge in [0.2, 0.25) is 0 Å². The fourth-order valence-electron chi connectivity index (χ4n) is 15.5. The largest absolute Gasteiger partial charge is 0.289 e. The number of rotatable bonds is 0. The van der Waals surface area contributed by atoms with Crippen molar-refractivity contribution in [3.63, 3.8) is 0 Å². The molecule has 0 saturated heterocycles. The maximum absolute atomic E-state index is 12.5. The van der Waals surface area contributed by atoms with Gasteiger partial charge in [0.25, 0.3) is 0 Å². The van der Waals surface area contributed by atoms with Gasteiger partial charge in [-0.2, -0.15) is 0 Å². The van der Waals surface area contributed by atoms with Crippen LogP contribution in [-0.2, 0) is 16.2 Å². The maximum Gasteiger partial charge on any atom is 0.194 e. The highest BCUT2D eigenvalue weighted by atomic mass is 16.1. The fourth-order valence-corrected chi connectivity index (χ4v) is 15.5. The number of aryl methyl sites for hydroxylation is 6. The molecule has 6 aliphatic carbocycles. The zero-order valence-corrected chi connectivity index (χ0v) is 58.2. The van der Waals surface area contributed by atoms with E-state index in [1.165, 1.54) is 27.8 Å². The Bertz CT molecular complexity index is 5350. The second kappa shape index (κ2) is 25.9. The van der Waals surface area contributed by atoms with Crippen molar-refractivity contribution in [3.05, 3.63) is 388 Å². The van der Waals surface area contributed by atoms with Crippen LogP contribution in [0.5, 0.6) is 0 Å². The van der Waals surface area contributed by atoms with Gasteiger partial charge < -0.3 is 0 Å². The van der Waals surface area contributed by atoms with Crippen LogP contribution in [-0.4, -0.2) is 34.7 Å². The Morgan fingerprint density at radius 1 is 0.192 bits per heavy atom. The molecule has 0 aromatic heterocycles. The molecular weight excluding hydrogens is 1210 g/mol. The van der Waals surface area contributed by atoms with Gasteiger partial charge >= 0.3 is 0 Å². The second-order valence-corrected chi connectivity index (χ2v) is 28.3. The molecule has 0 heterocycles. The van der Waals surface area contributed by atoms with E-state index in [-0.39, 0.29) is 50.9 Å². The highest BCUT2D eigenvalue weighted by molar-refractivity contribution is 6.24. The monoisotopic (exact) mass is 1290 g/mol. The Hall–Kier alpha value is -11.3. The van der Waals surface area contributed by atoms with Crippen molar-refractivity contribution in [2.24, 2.45) is 0 Å². The van der Waals surface area contributed by atoms with Gasteiger partial charge in [0.15, 0.2) is 34.7 Å². The lowest BCUT2D eigenvalue weighted by Gasteiger charge is -2.35. The van der Waals surface area contributed by atoms with E-state index in [9.17, 15) is 28.8 Å². The van der Waals surface area contributed by atoms with Crippen LogP contribution in [0.1, 0.15) is 204 Å². The molecule has 6 heteroatoms. The molecule has 0 aliphatic heterocycles. The number of hydrogen-bond acceptors (Lipinski definition) is 6. The Kier molecular flexibility index (Phi) is 17.3. The van der Waals surface area contributed by atoms with Crippen LogP contribution in [0.4, 0.5) is 0 Å². The van der Waals surface area contributed by atoms with Crippen LogP contribution in [0, 0.1) is 41.5 Å². The highest BCUT2D eigenvalue weighted by Crippen LogP contribution is 2.46. The Morgan fingerprint density at radius 3 is 1.04 bits per heavy atom. The zero-order chi connectivity index (χ0) is 70.0. The molecule has 0 amide bonds. The van der Waals surface area contributed by atoms with E-state index in [2.05, 4.69) is 104 Å². The van der Waals surface area contributed by atoms with Gasteiger partial charge in [0.05, 0.1) is 0 Å². The van der Waals surface area contributed by atoms with Gasteiger partial charge in [-0.1, -0.05) is 306 Å². The number of carbonyl (C=O) groups excluding carboxylic acids is 6. The summed E-state index contributed by atoms with van der Waals surface area (Å²) in [6.45, 7) is 25.4. The summed E-state index contributed by atoms with van der Waals surface area (Å²) in [5.74, 6) is 0.932. The van der Waals surface area contributed by atoms with Crippen molar-refractivity contribution in [1.82, 2.24) is 0 Å². The van der Waals surface area contributed by atoms with Crippen LogP contribution in [0.2, 0.25) is 0 Å². The number of ketones is 6. The van der Waals surface area contributed by atoms with Gasteiger partial charge in [0.1, 0.15) is 0 Å². The quantitative estimate of drug-likeness (QED) is 0.150. The van der Waals surface area contributed by atoms with Crippen molar-refractivity contribution < 1.29 is 28.8 Å². The summed E-state index contributed by atoms with van der Waals surface area (Å²) in [4.78, 5) is 73.7. The van der Waals surface area contributed by atoms with Crippen LogP contribution in [0.25, 0.3) is 33.4 Å². The average Bonchev–Trinajstić information content (AvgIpc) is 1.75. The van der Waals surface area contributed by atoms with E-state index in [0.717, 1.165) is 139 Å². The molecule has 0 N–H and O–H groups in total. The van der Waals surface area contributed by atoms with Gasteiger partial charge in [-0.05, 0) is 132 Å². The molecule has 6 aliphatic rings. The molecule has 18 rings (SSSR count). The van der Waals surface area contributed by atoms with Crippen LogP contribution < -0.4 is 0 Å². The van der Waals surface area contributed by atoms with Crippen LogP contribution in [0.15, 0.2) is 255 Å². The van der Waals surface area contributed by atoms with Crippen LogP contribution in [0.3, 0.4) is 0 Å². The lowest BCUT2D eigenvalue weighted by molar-refractivity contribution is 0.102. The number of hydrogen-bond donors (Lipinski definition) is 0. The van der Waals surface area contributed by atoms with Crippen molar-refractivity contribution in [1.29, 1.82) is 0 Å². The molecule has 0 radical (unpaired) electrons. The molecular formula is C93H78O6.